The second-order valence-corrected chi connectivity index (χ2v) is 5.21. The topological polar surface area (TPSA) is 71.6 Å². The maximum atomic E-state index is 13.8. The number of rotatable bonds is 3. The van der Waals surface area contributed by atoms with E-state index in [-0.39, 0.29) is 18.1 Å². The van der Waals surface area contributed by atoms with Crippen molar-refractivity contribution in [3.05, 3.63) is 35.4 Å². The molecule has 3 unspecified atom stereocenters. The molecule has 0 spiro atoms. The average Bonchev–Trinajstić information content (AvgIpc) is 2.96. The molecule has 22 heavy (non-hydrogen) atoms. The molecule has 0 saturated carbocycles. The number of carbonyl (C=O) groups excluding carboxylic acids is 1. The smallest absolute Gasteiger partial charge is 0.252 e. The van der Waals surface area contributed by atoms with Gasteiger partial charge in [-0.3, -0.25) is 4.79 Å². The van der Waals surface area contributed by atoms with E-state index >= 15 is 0 Å². The van der Waals surface area contributed by atoms with Gasteiger partial charge in [0.1, 0.15) is 11.6 Å². The molecule has 2 fully saturated rings. The Morgan fingerprint density at radius 1 is 1.23 bits per heavy atom. The molecule has 2 heterocycles. The molecule has 1 aromatic rings. The van der Waals surface area contributed by atoms with Crippen LogP contribution in [0.4, 0.5) is 8.78 Å². The lowest BCUT2D eigenvalue weighted by Gasteiger charge is -2.23. The van der Waals surface area contributed by atoms with E-state index in [4.69, 9.17) is 9.47 Å². The molecule has 0 aliphatic carbocycles. The number of hydrogen-bond donors (Lipinski definition) is 3. The Morgan fingerprint density at radius 3 is 2.68 bits per heavy atom. The second-order valence-electron chi connectivity index (χ2n) is 5.21. The van der Waals surface area contributed by atoms with E-state index in [1.54, 1.807) is 0 Å². The summed E-state index contributed by atoms with van der Waals surface area (Å²) >= 11 is 0. The van der Waals surface area contributed by atoms with Gasteiger partial charge in [-0.2, -0.15) is 0 Å². The van der Waals surface area contributed by atoms with E-state index in [9.17, 15) is 13.6 Å². The molecule has 2 saturated heterocycles. The van der Waals surface area contributed by atoms with Gasteiger partial charge < -0.3 is 14.8 Å². The zero-order valence-electron chi connectivity index (χ0n) is 11.8. The molecule has 2 aliphatic heterocycles. The Bertz CT molecular complexity index is 532. The molecule has 0 bridgehead atoms. The molecular weight excluding hydrogens is 296 g/mol. The first-order valence-corrected chi connectivity index (χ1v) is 7.10. The quantitative estimate of drug-likeness (QED) is 0.752. The van der Waals surface area contributed by atoms with Gasteiger partial charge in [0.05, 0.1) is 32.0 Å². The number of carbonyl (C=O) groups is 1. The van der Waals surface area contributed by atoms with Gasteiger partial charge in [0.2, 0.25) is 0 Å². The summed E-state index contributed by atoms with van der Waals surface area (Å²) < 4.78 is 38.0. The molecule has 1 amide bonds. The van der Waals surface area contributed by atoms with E-state index in [2.05, 4.69) is 16.2 Å². The van der Waals surface area contributed by atoms with Crippen molar-refractivity contribution in [3.8, 4) is 0 Å². The monoisotopic (exact) mass is 313 g/mol. The van der Waals surface area contributed by atoms with Gasteiger partial charge in [-0.1, -0.05) is 6.07 Å². The number of nitrogens with one attached hydrogen (secondary N) is 3. The molecule has 0 aromatic heterocycles. The fourth-order valence-electron chi connectivity index (χ4n) is 2.59. The minimum Gasteiger partial charge on any atom is -0.376 e. The maximum Gasteiger partial charge on any atom is 0.252 e. The molecule has 6 nitrogen and oxygen atoms in total. The number of hydrazine groups is 1. The lowest BCUT2D eigenvalue weighted by Crippen LogP contribution is -2.50. The minimum absolute atomic E-state index is 0.0380. The van der Waals surface area contributed by atoms with Crippen LogP contribution in [0.1, 0.15) is 18.0 Å². The van der Waals surface area contributed by atoms with Gasteiger partial charge >= 0.3 is 0 Å². The van der Waals surface area contributed by atoms with Gasteiger partial charge in [-0.15, -0.1) is 0 Å². The van der Waals surface area contributed by atoms with E-state index in [1.165, 1.54) is 18.2 Å². The standard InChI is InChI=1S/C14H17F2N3O3/c15-8-2-1-3-9(16)13(8)10-6-12(19-18-10)17-14(20)11-7-21-4-5-22-11/h1-3,10-12,18-19H,4-7H2,(H,17,20). The zero-order valence-corrected chi connectivity index (χ0v) is 11.8. The Labute approximate surface area is 126 Å². The highest BCUT2D eigenvalue weighted by atomic mass is 19.1. The van der Waals surface area contributed by atoms with Crippen LogP contribution in [-0.4, -0.2) is 38.0 Å². The van der Waals surface area contributed by atoms with Crippen molar-refractivity contribution in [2.75, 3.05) is 19.8 Å². The minimum atomic E-state index is -0.653. The molecule has 3 rings (SSSR count). The summed E-state index contributed by atoms with van der Waals surface area (Å²) in [5, 5.41) is 2.72. The number of benzene rings is 1. The van der Waals surface area contributed by atoms with Gasteiger partial charge in [0, 0.05) is 12.0 Å². The van der Waals surface area contributed by atoms with Crippen molar-refractivity contribution >= 4 is 5.91 Å². The fraction of sp³-hybridized carbons (Fsp3) is 0.500. The Morgan fingerprint density at radius 2 is 2.00 bits per heavy atom. The highest BCUT2D eigenvalue weighted by Crippen LogP contribution is 2.26. The van der Waals surface area contributed by atoms with Crippen LogP contribution in [-0.2, 0) is 14.3 Å². The molecule has 8 heteroatoms. The first-order chi connectivity index (χ1) is 10.6. The van der Waals surface area contributed by atoms with Gasteiger partial charge in [-0.25, -0.2) is 19.6 Å². The molecule has 3 N–H and O–H groups in total. The highest BCUT2D eigenvalue weighted by Gasteiger charge is 2.32. The Hall–Kier alpha value is -1.61. The molecule has 2 aliphatic rings. The molecule has 1 aromatic carbocycles. The van der Waals surface area contributed by atoms with Crippen LogP contribution in [0, 0.1) is 11.6 Å². The first-order valence-electron chi connectivity index (χ1n) is 7.10. The van der Waals surface area contributed by atoms with Crippen LogP contribution >= 0.6 is 0 Å². The van der Waals surface area contributed by atoms with Crippen molar-refractivity contribution in [1.82, 2.24) is 16.2 Å². The first kappa shape index (κ1) is 15.3. The SMILES string of the molecule is O=C(NC1CC(c2c(F)cccc2F)NN1)C1COCCO1. The second kappa shape index (κ2) is 6.66. The summed E-state index contributed by atoms with van der Waals surface area (Å²) in [4.78, 5) is 12.0. The molecular formula is C14H17F2N3O3. The number of hydrogen-bond acceptors (Lipinski definition) is 5. The van der Waals surface area contributed by atoms with E-state index in [1.807, 2.05) is 0 Å². The summed E-state index contributed by atoms with van der Waals surface area (Å²) in [5.74, 6) is -1.54. The van der Waals surface area contributed by atoms with Crippen LogP contribution in [0.25, 0.3) is 0 Å². The summed E-state index contributed by atoms with van der Waals surface area (Å²) in [6.45, 7) is 1.05. The molecule has 3 atom stereocenters. The van der Waals surface area contributed by atoms with E-state index < -0.39 is 29.9 Å². The van der Waals surface area contributed by atoms with Crippen LogP contribution in [0.5, 0.6) is 0 Å². The van der Waals surface area contributed by atoms with Crippen LogP contribution in [0.15, 0.2) is 18.2 Å². The fourth-order valence-corrected chi connectivity index (χ4v) is 2.59. The third-order valence-electron chi connectivity index (χ3n) is 3.68. The summed E-state index contributed by atoms with van der Waals surface area (Å²) in [6, 6.07) is 3.17. The number of amides is 1. The van der Waals surface area contributed by atoms with Gasteiger partial charge in [0.25, 0.3) is 5.91 Å². The van der Waals surface area contributed by atoms with Crippen molar-refractivity contribution in [2.45, 2.75) is 24.7 Å². The predicted molar refractivity (Wildman–Crippen MR) is 72.5 cm³/mol. The summed E-state index contributed by atoms with van der Waals surface area (Å²) in [6.07, 6.45) is -0.779. The normalized spacial score (nSPS) is 28.5. The van der Waals surface area contributed by atoms with Gasteiger partial charge in [0.15, 0.2) is 6.10 Å². The lowest BCUT2D eigenvalue weighted by molar-refractivity contribution is -0.148. The largest absolute Gasteiger partial charge is 0.376 e. The van der Waals surface area contributed by atoms with Crippen molar-refractivity contribution in [3.63, 3.8) is 0 Å². The van der Waals surface area contributed by atoms with E-state index in [0.717, 1.165) is 0 Å². The van der Waals surface area contributed by atoms with Gasteiger partial charge in [-0.05, 0) is 12.1 Å². The number of halogens is 2. The third kappa shape index (κ3) is 3.25. The van der Waals surface area contributed by atoms with Crippen molar-refractivity contribution < 1.29 is 23.0 Å². The number of ether oxygens (including phenoxy) is 2. The molecule has 120 valence electrons. The Kier molecular flexibility index (Phi) is 4.63. The van der Waals surface area contributed by atoms with Crippen molar-refractivity contribution in [1.29, 1.82) is 0 Å². The highest BCUT2D eigenvalue weighted by molar-refractivity contribution is 5.81. The summed E-state index contributed by atoms with van der Waals surface area (Å²) in [5.41, 5.74) is 5.58. The maximum absolute atomic E-state index is 13.8. The third-order valence-corrected chi connectivity index (χ3v) is 3.68. The molecule has 0 radical (unpaired) electrons. The van der Waals surface area contributed by atoms with Crippen LogP contribution < -0.4 is 16.2 Å². The van der Waals surface area contributed by atoms with Crippen molar-refractivity contribution in [2.24, 2.45) is 0 Å². The van der Waals surface area contributed by atoms with Crippen LogP contribution in [0.2, 0.25) is 0 Å². The zero-order chi connectivity index (χ0) is 15.5. The lowest BCUT2D eigenvalue weighted by atomic mass is 10.0. The van der Waals surface area contributed by atoms with Crippen LogP contribution in [0.3, 0.4) is 0 Å². The summed E-state index contributed by atoms with van der Waals surface area (Å²) in [7, 11) is 0. The Balaban J connectivity index is 1.59. The van der Waals surface area contributed by atoms with E-state index in [0.29, 0.717) is 19.6 Å². The predicted octanol–water partition coefficient (Wildman–Crippen LogP) is 0.361. The average molecular weight is 313 g/mol.